The summed E-state index contributed by atoms with van der Waals surface area (Å²) in [6, 6.07) is -1.04. The summed E-state index contributed by atoms with van der Waals surface area (Å²) in [5, 5.41) is 13.7. The highest BCUT2D eigenvalue weighted by atomic mass is 32.2. The fourth-order valence-corrected chi connectivity index (χ4v) is 2.43. The van der Waals surface area contributed by atoms with Crippen molar-refractivity contribution in [3.63, 3.8) is 0 Å². The van der Waals surface area contributed by atoms with Crippen LogP contribution >= 0.6 is 11.8 Å². The largest absolute Gasteiger partial charge is 0.480 e. The van der Waals surface area contributed by atoms with Crippen molar-refractivity contribution >= 4 is 23.8 Å². The second-order valence-electron chi connectivity index (χ2n) is 3.56. The molecule has 3 N–H and O–H groups in total. The van der Waals surface area contributed by atoms with Gasteiger partial charge < -0.3 is 15.7 Å². The van der Waals surface area contributed by atoms with Gasteiger partial charge in [0.15, 0.2) is 0 Å². The highest BCUT2D eigenvalue weighted by molar-refractivity contribution is 7.99. The number of carbonyl (C=O) groups is 2. The molecule has 0 aliphatic carbocycles. The number of carboxylic acids is 1. The first-order valence-corrected chi connectivity index (χ1v) is 6.12. The van der Waals surface area contributed by atoms with E-state index in [1.807, 2.05) is 11.8 Å². The van der Waals surface area contributed by atoms with Gasteiger partial charge in [-0.3, -0.25) is 4.79 Å². The smallest absolute Gasteiger partial charge is 0.325 e. The second kappa shape index (κ2) is 5.85. The van der Waals surface area contributed by atoms with Gasteiger partial charge in [-0.25, -0.2) is 4.79 Å². The summed E-state index contributed by atoms with van der Waals surface area (Å²) in [6.07, 6.45) is 1.92. The van der Waals surface area contributed by atoms with Crippen LogP contribution < -0.4 is 10.6 Å². The van der Waals surface area contributed by atoms with Gasteiger partial charge in [-0.15, -0.1) is 0 Å². The van der Waals surface area contributed by atoms with E-state index in [-0.39, 0.29) is 12.1 Å². The van der Waals surface area contributed by atoms with E-state index in [4.69, 9.17) is 5.11 Å². The Labute approximate surface area is 93.0 Å². The molecule has 1 aliphatic heterocycles. The fourth-order valence-electron chi connectivity index (χ4n) is 1.33. The Morgan fingerprint density at radius 2 is 2.00 bits per heavy atom. The first kappa shape index (κ1) is 12.2. The Kier molecular flexibility index (Phi) is 4.74. The Morgan fingerprint density at radius 3 is 2.53 bits per heavy atom. The zero-order valence-electron chi connectivity index (χ0n) is 8.66. The van der Waals surface area contributed by atoms with E-state index in [1.54, 1.807) is 0 Å². The summed E-state index contributed by atoms with van der Waals surface area (Å²) < 4.78 is 0. The molecule has 5 nitrogen and oxygen atoms in total. The molecule has 86 valence electrons. The maximum absolute atomic E-state index is 11.3. The van der Waals surface area contributed by atoms with Crippen LogP contribution in [0.15, 0.2) is 0 Å². The van der Waals surface area contributed by atoms with Crippen molar-refractivity contribution in [3.05, 3.63) is 0 Å². The van der Waals surface area contributed by atoms with Gasteiger partial charge in [0, 0.05) is 6.04 Å². The van der Waals surface area contributed by atoms with Crippen molar-refractivity contribution in [2.45, 2.75) is 31.8 Å². The minimum Gasteiger partial charge on any atom is -0.480 e. The summed E-state index contributed by atoms with van der Waals surface area (Å²) >= 11 is 1.88. The molecule has 1 atom stereocenters. The molecule has 0 spiro atoms. The highest BCUT2D eigenvalue weighted by Crippen LogP contribution is 2.16. The van der Waals surface area contributed by atoms with Crippen LogP contribution in [0.2, 0.25) is 0 Å². The Balaban J connectivity index is 2.25. The van der Waals surface area contributed by atoms with E-state index in [0.717, 1.165) is 24.3 Å². The fraction of sp³-hybridized carbons (Fsp3) is 0.778. The summed E-state index contributed by atoms with van der Waals surface area (Å²) in [7, 11) is 0. The zero-order chi connectivity index (χ0) is 11.3. The minimum absolute atomic E-state index is 0.187. The number of carbonyl (C=O) groups excluding carboxylic acids is 1. The van der Waals surface area contributed by atoms with E-state index in [1.165, 1.54) is 6.92 Å². The minimum atomic E-state index is -1.02. The highest BCUT2D eigenvalue weighted by Gasteiger charge is 2.18. The summed E-state index contributed by atoms with van der Waals surface area (Å²) in [5.41, 5.74) is 0. The van der Waals surface area contributed by atoms with Crippen molar-refractivity contribution in [2.24, 2.45) is 0 Å². The maximum Gasteiger partial charge on any atom is 0.325 e. The van der Waals surface area contributed by atoms with Crippen LogP contribution in [0.1, 0.15) is 19.8 Å². The van der Waals surface area contributed by atoms with E-state index in [0.29, 0.717) is 0 Å². The molecule has 0 bridgehead atoms. The molecule has 1 aliphatic rings. The number of amides is 2. The number of nitrogens with one attached hydrogen (secondary N) is 2. The summed E-state index contributed by atoms with van der Waals surface area (Å²) in [4.78, 5) is 21.8. The van der Waals surface area contributed by atoms with Crippen LogP contribution in [-0.2, 0) is 4.79 Å². The van der Waals surface area contributed by atoms with Gasteiger partial charge in [0.25, 0.3) is 0 Å². The third-order valence-electron chi connectivity index (χ3n) is 2.27. The topological polar surface area (TPSA) is 78.4 Å². The molecule has 0 aromatic rings. The van der Waals surface area contributed by atoms with Crippen molar-refractivity contribution in [1.82, 2.24) is 10.6 Å². The average Bonchev–Trinajstić information content (AvgIpc) is 2.18. The molecule has 1 heterocycles. The molecular formula is C9H16N2O3S. The molecule has 15 heavy (non-hydrogen) atoms. The van der Waals surface area contributed by atoms with E-state index >= 15 is 0 Å². The van der Waals surface area contributed by atoms with Gasteiger partial charge in [0.05, 0.1) is 0 Å². The predicted octanol–water partition coefficient (Wildman–Crippen LogP) is 0.654. The lowest BCUT2D eigenvalue weighted by Gasteiger charge is -2.23. The van der Waals surface area contributed by atoms with Crippen LogP contribution in [0.4, 0.5) is 4.79 Å². The molecule has 0 unspecified atom stereocenters. The lowest BCUT2D eigenvalue weighted by molar-refractivity contribution is -0.138. The molecule has 1 rings (SSSR count). The van der Waals surface area contributed by atoms with Gasteiger partial charge in [0.1, 0.15) is 6.04 Å². The van der Waals surface area contributed by atoms with Crippen LogP contribution in [0.5, 0.6) is 0 Å². The van der Waals surface area contributed by atoms with Gasteiger partial charge in [0.2, 0.25) is 0 Å². The molecule has 0 aromatic heterocycles. The van der Waals surface area contributed by atoms with Crippen molar-refractivity contribution in [2.75, 3.05) is 11.5 Å². The first-order valence-electron chi connectivity index (χ1n) is 4.97. The van der Waals surface area contributed by atoms with Crippen LogP contribution in [-0.4, -0.2) is 40.7 Å². The quantitative estimate of drug-likeness (QED) is 0.667. The third-order valence-corrected chi connectivity index (χ3v) is 3.32. The predicted molar refractivity (Wildman–Crippen MR) is 59.1 cm³/mol. The van der Waals surface area contributed by atoms with E-state index < -0.39 is 12.0 Å². The van der Waals surface area contributed by atoms with Crippen LogP contribution in [0.3, 0.4) is 0 Å². The number of hydrogen-bond donors (Lipinski definition) is 3. The number of hydrogen-bond acceptors (Lipinski definition) is 3. The molecule has 0 aromatic carbocycles. The zero-order valence-corrected chi connectivity index (χ0v) is 9.47. The number of urea groups is 1. The average molecular weight is 232 g/mol. The standard InChI is InChI=1S/C9H16N2O3S/c1-6(8(12)13)10-9(14)11-7-2-4-15-5-3-7/h6-7H,2-5H2,1H3,(H,12,13)(H2,10,11,14)/t6-/m0/s1. The molecule has 1 saturated heterocycles. The molecule has 0 saturated carbocycles. The molecule has 1 fully saturated rings. The lowest BCUT2D eigenvalue weighted by Crippen LogP contribution is -2.48. The monoisotopic (exact) mass is 232 g/mol. The van der Waals surface area contributed by atoms with Gasteiger partial charge in [-0.05, 0) is 31.3 Å². The molecule has 2 amide bonds. The molecular weight excluding hydrogens is 216 g/mol. The van der Waals surface area contributed by atoms with Gasteiger partial charge in [-0.1, -0.05) is 0 Å². The summed E-state index contributed by atoms with van der Waals surface area (Å²) in [5.74, 6) is 1.09. The normalized spacial score (nSPS) is 19.3. The van der Waals surface area contributed by atoms with Crippen molar-refractivity contribution < 1.29 is 14.7 Å². The van der Waals surface area contributed by atoms with E-state index in [9.17, 15) is 9.59 Å². The molecule has 6 heteroatoms. The number of aliphatic carboxylic acids is 1. The van der Waals surface area contributed by atoms with E-state index in [2.05, 4.69) is 10.6 Å². The lowest BCUT2D eigenvalue weighted by atomic mass is 10.2. The van der Waals surface area contributed by atoms with Gasteiger partial charge in [-0.2, -0.15) is 11.8 Å². The SMILES string of the molecule is C[C@H](NC(=O)NC1CCSCC1)C(=O)O. The first-order chi connectivity index (χ1) is 7.09. The van der Waals surface area contributed by atoms with Crippen molar-refractivity contribution in [3.8, 4) is 0 Å². The van der Waals surface area contributed by atoms with Crippen LogP contribution in [0.25, 0.3) is 0 Å². The summed E-state index contributed by atoms with van der Waals surface area (Å²) in [6.45, 7) is 1.44. The Morgan fingerprint density at radius 1 is 1.40 bits per heavy atom. The van der Waals surface area contributed by atoms with Crippen LogP contribution in [0, 0.1) is 0 Å². The van der Waals surface area contributed by atoms with Crippen molar-refractivity contribution in [1.29, 1.82) is 0 Å². The maximum atomic E-state index is 11.3. The Hall–Kier alpha value is -0.910. The Bertz CT molecular complexity index is 242. The number of carboxylic acid groups (broad SMARTS) is 1. The van der Waals surface area contributed by atoms with Gasteiger partial charge >= 0.3 is 12.0 Å². The second-order valence-corrected chi connectivity index (χ2v) is 4.79. The molecule has 0 radical (unpaired) electrons. The number of thioether (sulfide) groups is 1. The number of rotatable bonds is 3. The third kappa shape index (κ3) is 4.42.